The van der Waals surface area contributed by atoms with Crippen LogP contribution in [0.3, 0.4) is 0 Å². The topological polar surface area (TPSA) is 72.8 Å². The second-order valence-electron chi connectivity index (χ2n) is 13.4. The average molecular weight is 515 g/mol. The monoisotopic (exact) mass is 514 g/mol. The van der Waals surface area contributed by atoms with Crippen LogP contribution in [0.1, 0.15) is 99.3 Å². The van der Waals surface area contributed by atoms with Gasteiger partial charge >= 0.3 is 11.9 Å². The molecule has 0 aromatic carbocycles. The molecule has 3 fully saturated rings. The highest BCUT2D eigenvalue weighted by Gasteiger charge is 2.63. The molecule has 5 heteroatoms. The van der Waals surface area contributed by atoms with Gasteiger partial charge in [0.2, 0.25) is 0 Å². The van der Waals surface area contributed by atoms with Gasteiger partial charge in [0.05, 0.1) is 11.5 Å². The summed E-state index contributed by atoms with van der Waals surface area (Å²) in [7, 11) is 0. The zero-order valence-corrected chi connectivity index (χ0v) is 24.1. The molecule has 208 valence electrons. The van der Waals surface area contributed by atoms with Gasteiger partial charge in [-0.2, -0.15) is 0 Å². The molecule has 0 spiro atoms. The zero-order chi connectivity index (χ0) is 27.1. The summed E-state index contributed by atoms with van der Waals surface area (Å²) in [6.07, 6.45) is 10.4. The maximum atomic E-state index is 12.2. The van der Waals surface area contributed by atoms with Gasteiger partial charge < -0.3 is 14.6 Å². The smallest absolute Gasteiger partial charge is 0.302 e. The molecule has 0 unspecified atom stereocenters. The Kier molecular flexibility index (Phi) is 8.34. The number of hydrogen-bond acceptors (Lipinski definition) is 5. The highest BCUT2D eigenvalue weighted by Crippen LogP contribution is 2.67. The van der Waals surface area contributed by atoms with E-state index in [0.29, 0.717) is 47.8 Å². The molecule has 0 amide bonds. The normalized spacial score (nSPS) is 39.6. The van der Waals surface area contributed by atoms with Gasteiger partial charge in [0.15, 0.2) is 0 Å². The minimum atomic E-state index is -0.538. The minimum absolute atomic E-state index is 0.237. The summed E-state index contributed by atoms with van der Waals surface area (Å²) >= 11 is 0. The Hall–Kier alpha value is -1.62. The number of carbonyl (C=O) groups excluding carboxylic acids is 2. The highest BCUT2D eigenvalue weighted by atomic mass is 16.6. The predicted octanol–water partition coefficient (Wildman–Crippen LogP) is 6.64. The maximum Gasteiger partial charge on any atom is 0.302 e. The van der Waals surface area contributed by atoms with Crippen LogP contribution in [0.2, 0.25) is 0 Å². The molecule has 37 heavy (non-hydrogen) atoms. The number of aliphatic hydroxyl groups is 1. The van der Waals surface area contributed by atoms with Crippen LogP contribution in [-0.2, 0) is 19.1 Å². The summed E-state index contributed by atoms with van der Waals surface area (Å²) in [5.74, 6) is 2.68. The van der Waals surface area contributed by atoms with Gasteiger partial charge in [-0.1, -0.05) is 51.5 Å². The third-order valence-electron chi connectivity index (χ3n) is 11.2. The number of rotatable bonds is 8. The molecule has 9 atom stereocenters. The first-order valence-electron chi connectivity index (χ1n) is 14.8. The molecule has 0 radical (unpaired) electrons. The maximum absolute atomic E-state index is 12.2. The molecule has 4 aliphatic rings. The van der Waals surface area contributed by atoms with Crippen molar-refractivity contribution in [3.63, 3.8) is 0 Å². The van der Waals surface area contributed by atoms with Crippen LogP contribution in [0.25, 0.3) is 0 Å². The third kappa shape index (κ3) is 5.18. The Morgan fingerprint density at radius 1 is 1.14 bits per heavy atom. The molecule has 4 rings (SSSR count). The standard InChI is InChI=1S/C32H50O5/c1-19(2)20(3)8-9-21(4)27-12-13-28-26-11-10-24-16-25(35)17-30(37-23(6)34)32(24,18-36-22(5)33)29(26)14-15-31(27,28)7/h10,19,21,25-30,35H,3,8-9,11-18H2,1-2,4-7H3/t21-,25-,26+,27-,28+,29+,30+,31-,32+/m1/s1. The first kappa shape index (κ1) is 28.4. The molecular weight excluding hydrogens is 464 g/mol. The molecular formula is C32H50O5. The summed E-state index contributed by atoms with van der Waals surface area (Å²) < 4.78 is 11.7. The Balaban J connectivity index is 1.63. The largest absolute Gasteiger partial charge is 0.465 e. The van der Waals surface area contributed by atoms with E-state index in [0.717, 1.165) is 31.3 Å². The summed E-state index contributed by atoms with van der Waals surface area (Å²) in [4.78, 5) is 24.2. The van der Waals surface area contributed by atoms with Gasteiger partial charge in [0.25, 0.3) is 0 Å². The van der Waals surface area contributed by atoms with Crippen molar-refractivity contribution in [2.45, 2.75) is 112 Å². The first-order valence-corrected chi connectivity index (χ1v) is 14.8. The molecule has 0 aromatic rings. The Labute approximate surface area is 224 Å². The number of hydrogen-bond donors (Lipinski definition) is 1. The van der Waals surface area contributed by atoms with Crippen molar-refractivity contribution in [1.82, 2.24) is 0 Å². The SMILES string of the molecule is C=C(CC[C@@H](C)[C@H]1CC[C@H]2[C@@H]3CC=C4C[C@@H](O)C[C@H](OC(C)=O)[C@]4(COC(C)=O)[C@H]3CC[C@]12C)C(C)C. The number of carbonyl (C=O) groups is 2. The van der Waals surface area contributed by atoms with Crippen LogP contribution in [0.4, 0.5) is 0 Å². The van der Waals surface area contributed by atoms with Crippen LogP contribution >= 0.6 is 0 Å². The van der Waals surface area contributed by atoms with Crippen LogP contribution in [0.5, 0.6) is 0 Å². The number of fused-ring (bicyclic) bond motifs is 5. The molecule has 5 nitrogen and oxygen atoms in total. The van der Waals surface area contributed by atoms with Crippen molar-refractivity contribution < 1.29 is 24.2 Å². The number of esters is 2. The molecule has 0 aromatic heterocycles. The van der Waals surface area contributed by atoms with Crippen LogP contribution in [-0.4, -0.2) is 35.9 Å². The number of allylic oxidation sites excluding steroid dienone is 2. The fraction of sp³-hybridized carbons (Fsp3) is 0.812. The van der Waals surface area contributed by atoms with Crippen molar-refractivity contribution in [2.24, 2.45) is 46.3 Å². The fourth-order valence-corrected chi connectivity index (χ4v) is 9.22. The van der Waals surface area contributed by atoms with E-state index >= 15 is 0 Å². The Morgan fingerprint density at radius 2 is 1.86 bits per heavy atom. The van der Waals surface area contributed by atoms with Gasteiger partial charge in [0, 0.05) is 20.3 Å². The fourth-order valence-electron chi connectivity index (χ4n) is 9.22. The lowest BCUT2D eigenvalue weighted by Crippen LogP contribution is -2.60. The molecule has 0 heterocycles. The average Bonchev–Trinajstić information content (AvgIpc) is 3.17. The Bertz CT molecular complexity index is 920. The molecule has 4 aliphatic carbocycles. The molecule has 1 N–H and O–H groups in total. The quantitative estimate of drug-likeness (QED) is 0.290. The van der Waals surface area contributed by atoms with Crippen molar-refractivity contribution in [3.8, 4) is 0 Å². The first-order chi connectivity index (χ1) is 17.4. The minimum Gasteiger partial charge on any atom is -0.465 e. The lowest BCUT2D eigenvalue weighted by Gasteiger charge is -2.60. The van der Waals surface area contributed by atoms with E-state index in [1.54, 1.807) is 0 Å². The summed E-state index contributed by atoms with van der Waals surface area (Å²) in [6.45, 7) is 16.9. The van der Waals surface area contributed by atoms with Crippen molar-refractivity contribution in [3.05, 3.63) is 23.8 Å². The summed E-state index contributed by atoms with van der Waals surface area (Å²) in [5.41, 5.74) is 2.28. The lowest BCUT2D eigenvalue weighted by molar-refractivity contribution is -0.181. The molecule has 0 aliphatic heterocycles. The van der Waals surface area contributed by atoms with Gasteiger partial charge in [-0.25, -0.2) is 0 Å². The van der Waals surface area contributed by atoms with Crippen molar-refractivity contribution >= 4 is 11.9 Å². The van der Waals surface area contributed by atoms with Gasteiger partial charge in [0.1, 0.15) is 12.7 Å². The van der Waals surface area contributed by atoms with Crippen LogP contribution in [0.15, 0.2) is 23.8 Å². The van der Waals surface area contributed by atoms with E-state index in [1.165, 1.54) is 38.7 Å². The molecule has 0 saturated heterocycles. The molecule has 0 bridgehead atoms. The number of aliphatic hydroxyl groups excluding tert-OH is 1. The van der Waals surface area contributed by atoms with Crippen molar-refractivity contribution in [1.29, 1.82) is 0 Å². The zero-order valence-electron chi connectivity index (χ0n) is 24.1. The second kappa shape index (κ2) is 10.9. The van der Waals surface area contributed by atoms with Crippen molar-refractivity contribution in [2.75, 3.05) is 6.61 Å². The van der Waals surface area contributed by atoms with Gasteiger partial charge in [-0.3, -0.25) is 9.59 Å². The third-order valence-corrected chi connectivity index (χ3v) is 11.2. The van der Waals surface area contributed by atoms with E-state index in [4.69, 9.17) is 9.47 Å². The van der Waals surface area contributed by atoms with E-state index < -0.39 is 17.6 Å². The summed E-state index contributed by atoms with van der Waals surface area (Å²) in [6, 6.07) is 0. The Morgan fingerprint density at radius 3 is 2.51 bits per heavy atom. The highest BCUT2D eigenvalue weighted by molar-refractivity contribution is 5.67. The number of ether oxygens (including phenoxy) is 2. The van der Waals surface area contributed by atoms with E-state index in [9.17, 15) is 14.7 Å². The van der Waals surface area contributed by atoms with E-state index in [2.05, 4.69) is 40.3 Å². The van der Waals surface area contributed by atoms with Gasteiger partial charge in [-0.15, -0.1) is 0 Å². The van der Waals surface area contributed by atoms with E-state index in [1.807, 2.05) is 0 Å². The van der Waals surface area contributed by atoms with E-state index in [-0.39, 0.29) is 24.5 Å². The van der Waals surface area contributed by atoms with Gasteiger partial charge in [-0.05, 0) is 92.3 Å². The lowest BCUT2D eigenvalue weighted by atomic mass is 9.46. The summed E-state index contributed by atoms with van der Waals surface area (Å²) in [5, 5.41) is 10.7. The van der Waals surface area contributed by atoms with Crippen LogP contribution in [0, 0.1) is 46.3 Å². The second-order valence-corrected chi connectivity index (χ2v) is 13.4. The predicted molar refractivity (Wildman–Crippen MR) is 145 cm³/mol. The molecule has 3 saturated carbocycles. The van der Waals surface area contributed by atoms with Crippen LogP contribution < -0.4 is 0 Å².